The van der Waals surface area contributed by atoms with Crippen molar-refractivity contribution in [1.29, 1.82) is 0 Å². The van der Waals surface area contributed by atoms with Crippen LogP contribution in [-0.4, -0.2) is 4.57 Å². The summed E-state index contributed by atoms with van der Waals surface area (Å²) in [6, 6.07) is 16.6. The van der Waals surface area contributed by atoms with Crippen LogP contribution < -0.4 is 5.73 Å². The van der Waals surface area contributed by atoms with Gasteiger partial charge in [-0.15, -0.1) is 0 Å². The van der Waals surface area contributed by atoms with E-state index in [1.165, 1.54) is 16.6 Å². The summed E-state index contributed by atoms with van der Waals surface area (Å²) in [6.45, 7) is 2.92. The van der Waals surface area contributed by atoms with Crippen LogP contribution in [0.3, 0.4) is 0 Å². The Morgan fingerprint density at radius 3 is 2.68 bits per heavy atom. The molecule has 0 saturated carbocycles. The largest absolute Gasteiger partial charge is 0.398 e. The first kappa shape index (κ1) is 12.3. The molecule has 0 bridgehead atoms. The summed E-state index contributed by atoms with van der Waals surface area (Å²) < 4.78 is 3.36. The van der Waals surface area contributed by atoms with Crippen LogP contribution in [-0.2, 0) is 6.54 Å². The number of anilines is 1. The van der Waals surface area contributed by atoms with E-state index in [1.54, 1.807) is 0 Å². The molecule has 0 aliphatic heterocycles. The lowest BCUT2D eigenvalue weighted by molar-refractivity contribution is 0.804. The molecule has 2 N–H and O–H groups in total. The van der Waals surface area contributed by atoms with E-state index < -0.39 is 0 Å². The van der Waals surface area contributed by atoms with Crippen molar-refractivity contribution in [3.05, 3.63) is 64.3 Å². The fourth-order valence-corrected chi connectivity index (χ4v) is 2.97. The van der Waals surface area contributed by atoms with Crippen molar-refractivity contribution in [2.45, 2.75) is 13.5 Å². The molecule has 0 radical (unpaired) electrons. The van der Waals surface area contributed by atoms with Crippen molar-refractivity contribution < 1.29 is 0 Å². The zero-order chi connectivity index (χ0) is 13.4. The number of rotatable bonds is 2. The smallest absolute Gasteiger partial charge is 0.0510 e. The minimum atomic E-state index is 0.784. The predicted molar refractivity (Wildman–Crippen MR) is 84.3 cm³/mol. The maximum atomic E-state index is 6.09. The summed E-state index contributed by atoms with van der Waals surface area (Å²) >= 11 is 3.59. The SMILES string of the molecule is Cc1cc2ccccc2n1Cc1c(N)cccc1Br. The Kier molecular flexibility index (Phi) is 3.07. The van der Waals surface area contributed by atoms with Crippen LogP contribution in [0.4, 0.5) is 5.69 Å². The second-order valence-electron chi connectivity index (χ2n) is 4.74. The number of aromatic nitrogens is 1. The number of nitrogens with zero attached hydrogens (tertiary/aromatic N) is 1. The topological polar surface area (TPSA) is 30.9 Å². The molecule has 0 amide bonds. The fourth-order valence-electron chi connectivity index (χ4n) is 2.46. The number of benzene rings is 2. The van der Waals surface area contributed by atoms with E-state index >= 15 is 0 Å². The normalized spacial score (nSPS) is 11.1. The first-order valence-electron chi connectivity index (χ1n) is 6.24. The molecule has 3 rings (SSSR count). The van der Waals surface area contributed by atoms with Gasteiger partial charge in [-0.05, 0) is 36.6 Å². The molecule has 0 spiro atoms. The molecule has 0 atom stereocenters. The average molecular weight is 315 g/mol. The quantitative estimate of drug-likeness (QED) is 0.701. The van der Waals surface area contributed by atoms with Crippen molar-refractivity contribution in [2.75, 3.05) is 5.73 Å². The zero-order valence-electron chi connectivity index (χ0n) is 10.7. The molecule has 0 fully saturated rings. The number of nitrogens with two attached hydrogens (primary N) is 1. The second kappa shape index (κ2) is 4.74. The highest BCUT2D eigenvalue weighted by molar-refractivity contribution is 9.10. The molecule has 1 heterocycles. The summed E-state index contributed by atoms with van der Waals surface area (Å²) in [5.74, 6) is 0. The number of fused-ring (bicyclic) bond motifs is 1. The van der Waals surface area contributed by atoms with Gasteiger partial charge >= 0.3 is 0 Å². The van der Waals surface area contributed by atoms with Crippen LogP contribution in [0.15, 0.2) is 53.0 Å². The van der Waals surface area contributed by atoms with Crippen molar-refractivity contribution >= 4 is 32.5 Å². The minimum Gasteiger partial charge on any atom is -0.398 e. The molecule has 2 nitrogen and oxygen atoms in total. The van der Waals surface area contributed by atoms with Gasteiger partial charge in [0, 0.05) is 26.9 Å². The summed E-state index contributed by atoms with van der Waals surface area (Å²) in [4.78, 5) is 0. The summed E-state index contributed by atoms with van der Waals surface area (Å²) in [5.41, 5.74) is 10.5. The molecule has 96 valence electrons. The maximum Gasteiger partial charge on any atom is 0.0510 e. The molecule has 19 heavy (non-hydrogen) atoms. The number of para-hydroxylation sites is 1. The summed E-state index contributed by atoms with van der Waals surface area (Å²) in [5, 5.41) is 1.27. The molecule has 0 aliphatic rings. The minimum absolute atomic E-state index is 0.784. The third-order valence-corrected chi connectivity index (χ3v) is 4.23. The summed E-state index contributed by atoms with van der Waals surface area (Å²) in [7, 11) is 0. The van der Waals surface area contributed by atoms with E-state index in [1.807, 2.05) is 18.2 Å². The van der Waals surface area contributed by atoms with E-state index in [0.29, 0.717) is 0 Å². The first-order valence-corrected chi connectivity index (χ1v) is 7.04. The highest BCUT2D eigenvalue weighted by Gasteiger charge is 2.09. The van der Waals surface area contributed by atoms with Crippen LogP contribution in [0, 0.1) is 6.92 Å². The third-order valence-electron chi connectivity index (χ3n) is 3.49. The Labute approximate surface area is 121 Å². The van der Waals surface area contributed by atoms with Crippen LogP contribution in [0.25, 0.3) is 10.9 Å². The number of hydrogen-bond donors (Lipinski definition) is 1. The van der Waals surface area contributed by atoms with Gasteiger partial charge < -0.3 is 10.3 Å². The highest BCUT2D eigenvalue weighted by Crippen LogP contribution is 2.27. The molecule has 2 aromatic carbocycles. The average Bonchev–Trinajstić information content (AvgIpc) is 2.70. The first-order chi connectivity index (χ1) is 9.16. The summed E-state index contributed by atoms with van der Waals surface area (Å²) in [6.07, 6.45) is 0. The van der Waals surface area contributed by atoms with Crippen molar-refractivity contribution in [3.63, 3.8) is 0 Å². The van der Waals surface area contributed by atoms with Crippen molar-refractivity contribution in [1.82, 2.24) is 4.57 Å². The van der Waals surface area contributed by atoms with Gasteiger partial charge in [-0.25, -0.2) is 0 Å². The molecule has 0 saturated heterocycles. The lowest BCUT2D eigenvalue weighted by Gasteiger charge is -2.12. The van der Waals surface area contributed by atoms with Gasteiger partial charge in [0.25, 0.3) is 0 Å². The molecule has 0 aliphatic carbocycles. The van der Waals surface area contributed by atoms with Gasteiger partial charge in [-0.1, -0.05) is 40.2 Å². The second-order valence-corrected chi connectivity index (χ2v) is 5.59. The molecule has 3 aromatic rings. The lowest BCUT2D eigenvalue weighted by atomic mass is 10.2. The lowest BCUT2D eigenvalue weighted by Crippen LogP contribution is -2.05. The monoisotopic (exact) mass is 314 g/mol. The molecular formula is C16H15BrN2. The Hall–Kier alpha value is -1.74. The molecule has 0 unspecified atom stereocenters. The molecule has 3 heteroatoms. The Morgan fingerprint density at radius 2 is 1.89 bits per heavy atom. The Morgan fingerprint density at radius 1 is 1.11 bits per heavy atom. The van der Waals surface area contributed by atoms with Crippen LogP contribution >= 0.6 is 15.9 Å². The van der Waals surface area contributed by atoms with Gasteiger partial charge in [-0.3, -0.25) is 0 Å². The molecule has 1 aromatic heterocycles. The van der Waals surface area contributed by atoms with Gasteiger partial charge in [0.15, 0.2) is 0 Å². The van der Waals surface area contributed by atoms with Crippen molar-refractivity contribution in [3.8, 4) is 0 Å². The molecular weight excluding hydrogens is 300 g/mol. The van der Waals surface area contributed by atoms with Gasteiger partial charge in [0.1, 0.15) is 0 Å². The standard InChI is InChI=1S/C16H15BrN2/c1-11-9-12-5-2-3-8-16(12)19(11)10-13-14(17)6-4-7-15(13)18/h2-9H,10,18H2,1H3. The fraction of sp³-hybridized carbons (Fsp3) is 0.125. The predicted octanol–water partition coefficient (Wildman–Crippen LogP) is 4.34. The number of aryl methyl sites for hydroxylation is 1. The van der Waals surface area contributed by atoms with E-state index in [-0.39, 0.29) is 0 Å². The van der Waals surface area contributed by atoms with Crippen LogP contribution in [0.1, 0.15) is 11.3 Å². The highest BCUT2D eigenvalue weighted by atomic mass is 79.9. The third kappa shape index (κ3) is 2.15. The van der Waals surface area contributed by atoms with Gasteiger partial charge in [-0.2, -0.15) is 0 Å². The van der Waals surface area contributed by atoms with E-state index in [2.05, 4.69) is 57.8 Å². The number of nitrogen functional groups attached to an aromatic ring is 1. The van der Waals surface area contributed by atoms with Gasteiger partial charge in [0.2, 0.25) is 0 Å². The number of hydrogen-bond acceptors (Lipinski definition) is 1. The Balaban J connectivity index is 2.13. The van der Waals surface area contributed by atoms with Crippen LogP contribution in [0.2, 0.25) is 0 Å². The van der Waals surface area contributed by atoms with E-state index in [0.717, 1.165) is 22.3 Å². The maximum absolute atomic E-state index is 6.09. The zero-order valence-corrected chi connectivity index (χ0v) is 12.3. The van der Waals surface area contributed by atoms with Crippen molar-refractivity contribution in [2.24, 2.45) is 0 Å². The number of halogens is 1. The van der Waals surface area contributed by atoms with E-state index in [9.17, 15) is 0 Å². The van der Waals surface area contributed by atoms with E-state index in [4.69, 9.17) is 5.73 Å². The van der Waals surface area contributed by atoms with Gasteiger partial charge in [0.05, 0.1) is 6.54 Å². The Bertz CT molecular complexity index is 723. The van der Waals surface area contributed by atoms with Crippen LogP contribution in [0.5, 0.6) is 0 Å².